The quantitative estimate of drug-likeness (QED) is 0.633. The van der Waals surface area contributed by atoms with Gasteiger partial charge in [-0.05, 0) is 26.0 Å². The molecule has 1 amide bonds. The van der Waals surface area contributed by atoms with Crippen molar-refractivity contribution in [1.29, 1.82) is 0 Å². The number of ether oxygens (including phenoxy) is 1. The molecule has 0 aliphatic carbocycles. The van der Waals surface area contributed by atoms with Crippen LogP contribution in [0.25, 0.3) is 0 Å². The molecular formula is C12H17NO2S. The molecule has 0 fully saturated rings. The Morgan fingerprint density at radius 2 is 2.00 bits per heavy atom. The number of thioether (sulfide) groups is 1. The van der Waals surface area contributed by atoms with Crippen LogP contribution in [-0.2, 0) is 9.53 Å². The lowest BCUT2D eigenvalue weighted by Crippen LogP contribution is -2.43. The first-order valence-corrected chi connectivity index (χ1v) is 6.06. The highest BCUT2D eigenvalue weighted by Crippen LogP contribution is 2.16. The maximum Gasteiger partial charge on any atom is 0.252 e. The van der Waals surface area contributed by atoms with Crippen molar-refractivity contribution in [1.82, 2.24) is 5.32 Å². The zero-order valence-corrected chi connectivity index (χ0v) is 10.6. The number of rotatable bonds is 5. The molecule has 0 bridgehead atoms. The highest BCUT2D eigenvalue weighted by molar-refractivity contribution is 7.99. The third kappa shape index (κ3) is 3.87. The minimum Gasteiger partial charge on any atom is -0.369 e. The predicted molar refractivity (Wildman–Crippen MR) is 66.4 cm³/mol. The van der Waals surface area contributed by atoms with Gasteiger partial charge in [0.1, 0.15) is 5.60 Å². The van der Waals surface area contributed by atoms with E-state index in [0.29, 0.717) is 5.88 Å². The maximum atomic E-state index is 11.6. The van der Waals surface area contributed by atoms with E-state index < -0.39 is 5.60 Å². The van der Waals surface area contributed by atoms with Crippen molar-refractivity contribution in [2.24, 2.45) is 0 Å². The van der Waals surface area contributed by atoms with E-state index in [0.717, 1.165) is 4.90 Å². The highest BCUT2D eigenvalue weighted by Gasteiger charge is 2.26. The Morgan fingerprint density at radius 3 is 2.56 bits per heavy atom. The van der Waals surface area contributed by atoms with Crippen molar-refractivity contribution < 1.29 is 9.53 Å². The molecule has 0 aliphatic rings. The third-order valence-electron chi connectivity index (χ3n) is 2.27. The van der Waals surface area contributed by atoms with E-state index in [-0.39, 0.29) is 5.91 Å². The van der Waals surface area contributed by atoms with E-state index in [1.165, 1.54) is 7.11 Å². The van der Waals surface area contributed by atoms with Crippen LogP contribution < -0.4 is 5.32 Å². The smallest absolute Gasteiger partial charge is 0.252 e. The summed E-state index contributed by atoms with van der Waals surface area (Å²) in [6.45, 7) is 3.49. The first kappa shape index (κ1) is 13.1. The minimum atomic E-state index is -0.767. The van der Waals surface area contributed by atoms with E-state index in [9.17, 15) is 4.79 Å². The second kappa shape index (κ2) is 5.92. The minimum absolute atomic E-state index is 0.0987. The highest BCUT2D eigenvalue weighted by atomic mass is 32.2. The SMILES string of the molecule is COC(C)(C)C(=O)NCSc1ccccc1. The maximum absolute atomic E-state index is 11.6. The summed E-state index contributed by atoms with van der Waals surface area (Å²) in [5.74, 6) is 0.453. The molecule has 0 spiro atoms. The first-order chi connectivity index (χ1) is 7.56. The second-order valence-electron chi connectivity index (χ2n) is 3.82. The van der Waals surface area contributed by atoms with Gasteiger partial charge in [0.15, 0.2) is 0 Å². The lowest BCUT2D eigenvalue weighted by molar-refractivity contribution is -0.139. The monoisotopic (exact) mass is 239 g/mol. The van der Waals surface area contributed by atoms with Crippen LogP contribution in [0.4, 0.5) is 0 Å². The number of hydrogen-bond acceptors (Lipinski definition) is 3. The van der Waals surface area contributed by atoms with Crippen LogP contribution >= 0.6 is 11.8 Å². The molecule has 1 aromatic carbocycles. The number of benzene rings is 1. The largest absolute Gasteiger partial charge is 0.369 e. The van der Waals surface area contributed by atoms with Crippen molar-refractivity contribution in [3.63, 3.8) is 0 Å². The molecule has 0 radical (unpaired) electrons. The fraction of sp³-hybridized carbons (Fsp3) is 0.417. The Bertz CT molecular complexity index is 338. The van der Waals surface area contributed by atoms with Gasteiger partial charge in [-0.25, -0.2) is 0 Å². The Morgan fingerprint density at radius 1 is 1.38 bits per heavy atom. The molecule has 1 N–H and O–H groups in total. The van der Waals surface area contributed by atoms with E-state index in [1.807, 2.05) is 30.3 Å². The Kier molecular flexibility index (Phi) is 4.83. The van der Waals surface area contributed by atoms with E-state index >= 15 is 0 Å². The fourth-order valence-electron chi connectivity index (χ4n) is 1.01. The summed E-state index contributed by atoms with van der Waals surface area (Å²) in [5.41, 5.74) is -0.767. The van der Waals surface area contributed by atoms with E-state index in [4.69, 9.17) is 4.74 Å². The molecule has 0 saturated heterocycles. The van der Waals surface area contributed by atoms with Crippen molar-refractivity contribution in [2.45, 2.75) is 24.3 Å². The average Bonchev–Trinajstić information content (AvgIpc) is 2.30. The first-order valence-electron chi connectivity index (χ1n) is 5.07. The summed E-state index contributed by atoms with van der Waals surface area (Å²) in [4.78, 5) is 12.8. The van der Waals surface area contributed by atoms with Crippen LogP contribution in [0.5, 0.6) is 0 Å². The molecule has 1 rings (SSSR count). The number of carbonyl (C=O) groups excluding carboxylic acids is 1. The van der Waals surface area contributed by atoms with Gasteiger partial charge in [-0.3, -0.25) is 4.79 Å². The molecular weight excluding hydrogens is 222 g/mol. The van der Waals surface area contributed by atoms with Gasteiger partial charge in [0.05, 0.1) is 5.88 Å². The standard InChI is InChI=1S/C12H17NO2S/c1-12(2,15-3)11(14)13-9-16-10-7-5-4-6-8-10/h4-8H,9H2,1-3H3,(H,13,14). The van der Waals surface area contributed by atoms with Gasteiger partial charge in [0.2, 0.25) is 0 Å². The Labute approximate surface area is 101 Å². The van der Waals surface area contributed by atoms with Crippen molar-refractivity contribution in [2.75, 3.05) is 13.0 Å². The van der Waals surface area contributed by atoms with Gasteiger partial charge in [-0.2, -0.15) is 0 Å². The van der Waals surface area contributed by atoms with Gasteiger partial charge in [-0.15, -0.1) is 11.8 Å². The zero-order valence-electron chi connectivity index (χ0n) is 9.82. The lowest BCUT2D eigenvalue weighted by Gasteiger charge is -2.21. The molecule has 3 nitrogen and oxygen atoms in total. The van der Waals surface area contributed by atoms with Crippen LogP contribution in [-0.4, -0.2) is 24.5 Å². The molecule has 0 atom stereocenters. The topological polar surface area (TPSA) is 38.3 Å². The molecule has 0 heterocycles. The Hall–Kier alpha value is -1.00. The summed E-state index contributed by atoms with van der Waals surface area (Å²) >= 11 is 1.59. The molecule has 0 saturated carbocycles. The zero-order chi connectivity index (χ0) is 12.0. The van der Waals surface area contributed by atoms with Gasteiger partial charge >= 0.3 is 0 Å². The number of methoxy groups -OCH3 is 1. The third-order valence-corrected chi connectivity index (χ3v) is 3.17. The molecule has 1 aromatic rings. The summed E-state index contributed by atoms with van der Waals surface area (Å²) < 4.78 is 5.08. The van der Waals surface area contributed by atoms with Gasteiger partial charge in [0, 0.05) is 12.0 Å². The number of nitrogens with one attached hydrogen (secondary N) is 1. The average molecular weight is 239 g/mol. The van der Waals surface area contributed by atoms with Crippen LogP contribution in [0, 0.1) is 0 Å². The summed E-state index contributed by atoms with van der Waals surface area (Å²) in [6.07, 6.45) is 0. The molecule has 4 heteroatoms. The summed E-state index contributed by atoms with van der Waals surface area (Å²) in [7, 11) is 1.53. The van der Waals surface area contributed by atoms with Crippen LogP contribution in [0.2, 0.25) is 0 Å². The summed E-state index contributed by atoms with van der Waals surface area (Å²) in [5, 5.41) is 2.82. The van der Waals surface area contributed by atoms with Crippen LogP contribution in [0.1, 0.15) is 13.8 Å². The van der Waals surface area contributed by atoms with Gasteiger partial charge in [-0.1, -0.05) is 18.2 Å². The van der Waals surface area contributed by atoms with Gasteiger partial charge in [0.25, 0.3) is 5.91 Å². The van der Waals surface area contributed by atoms with Crippen molar-refractivity contribution in [3.8, 4) is 0 Å². The van der Waals surface area contributed by atoms with Crippen molar-refractivity contribution in [3.05, 3.63) is 30.3 Å². The molecule has 0 aromatic heterocycles. The van der Waals surface area contributed by atoms with Crippen LogP contribution in [0.15, 0.2) is 35.2 Å². The molecule has 0 aliphatic heterocycles. The van der Waals surface area contributed by atoms with Crippen molar-refractivity contribution >= 4 is 17.7 Å². The lowest BCUT2D eigenvalue weighted by atomic mass is 10.1. The number of carbonyl (C=O) groups is 1. The molecule has 88 valence electrons. The van der Waals surface area contributed by atoms with Crippen LogP contribution in [0.3, 0.4) is 0 Å². The number of hydrogen-bond donors (Lipinski definition) is 1. The number of amides is 1. The molecule has 16 heavy (non-hydrogen) atoms. The predicted octanol–water partition coefficient (Wildman–Crippen LogP) is 2.28. The van der Waals surface area contributed by atoms with Gasteiger partial charge < -0.3 is 10.1 Å². The van der Waals surface area contributed by atoms with E-state index in [1.54, 1.807) is 25.6 Å². The normalized spacial score (nSPS) is 11.2. The summed E-state index contributed by atoms with van der Waals surface area (Å²) in [6, 6.07) is 9.94. The second-order valence-corrected chi connectivity index (χ2v) is 4.87. The molecule has 0 unspecified atom stereocenters. The fourth-order valence-corrected chi connectivity index (χ4v) is 1.73. The van der Waals surface area contributed by atoms with E-state index in [2.05, 4.69) is 5.32 Å². The Balaban J connectivity index is 2.34.